The predicted octanol–water partition coefficient (Wildman–Crippen LogP) is 1.28. The minimum absolute atomic E-state index is 0.139. The summed E-state index contributed by atoms with van der Waals surface area (Å²) in [7, 11) is 0. The molecular formula is C11H17NO3. The SMILES string of the molecule is CCC1CC(=O)N(CC(C)=CC(=O)O)C1. The Balaban J connectivity index is 2.53. The van der Waals surface area contributed by atoms with Crippen LogP contribution in [-0.4, -0.2) is 35.0 Å². The second kappa shape index (κ2) is 4.96. The van der Waals surface area contributed by atoms with Gasteiger partial charge in [0, 0.05) is 25.6 Å². The molecule has 0 aromatic carbocycles. The molecule has 0 spiro atoms. The van der Waals surface area contributed by atoms with Gasteiger partial charge in [-0.2, -0.15) is 0 Å². The molecule has 1 aliphatic rings. The van der Waals surface area contributed by atoms with Crippen molar-refractivity contribution in [1.82, 2.24) is 4.90 Å². The number of carbonyl (C=O) groups excluding carboxylic acids is 1. The van der Waals surface area contributed by atoms with Gasteiger partial charge >= 0.3 is 5.97 Å². The first-order valence-corrected chi connectivity index (χ1v) is 5.20. The lowest BCUT2D eigenvalue weighted by Crippen LogP contribution is -2.27. The van der Waals surface area contributed by atoms with Gasteiger partial charge in [0.25, 0.3) is 0 Å². The molecule has 15 heavy (non-hydrogen) atoms. The highest BCUT2D eigenvalue weighted by Gasteiger charge is 2.27. The summed E-state index contributed by atoms with van der Waals surface area (Å²) < 4.78 is 0. The quantitative estimate of drug-likeness (QED) is 0.712. The molecule has 0 aromatic rings. The molecule has 0 bridgehead atoms. The largest absolute Gasteiger partial charge is 0.478 e. The summed E-state index contributed by atoms with van der Waals surface area (Å²) in [6.07, 6.45) is 2.77. The second-order valence-electron chi connectivity index (χ2n) is 4.08. The van der Waals surface area contributed by atoms with Gasteiger partial charge in [-0.1, -0.05) is 13.3 Å². The lowest BCUT2D eigenvalue weighted by atomic mass is 10.1. The van der Waals surface area contributed by atoms with Crippen LogP contribution in [0.5, 0.6) is 0 Å². The van der Waals surface area contributed by atoms with E-state index in [0.717, 1.165) is 19.0 Å². The number of carboxylic acids is 1. The van der Waals surface area contributed by atoms with Crippen molar-refractivity contribution in [1.29, 1.82) is 0 Å². The van der Waals surface area contributed by atoms with Gasteiger partial charge in [-0.05, 0) is 18.4 Å². The zero-order valence-electron chi connectivity index (χ0n) is 9.19. The number of amides is 1. The first kappa shape index (κ1) is 11.8. The number of rotatable bonds is 4. The first-order valence-electron chi connectivity index (χ1n) is 5.20. The van der Waals surface area contributed by atoms with Crippen molar-refractivity contribution in [2.45, 2.75) is 26.7 Å². The van der Waals surface area contributed by atoms with Gasteiger partial charge in [0.2, 0.25) is 5.91 Å². The van der Waals surface area contributed by atoms with Gasteiger partial charge < -0.3 is 10.0 Å². The van der Waals surface area contributed by atoms with Gasteiger partial charge in [-0.15, -0.1) is 0 Å². The van der Waals surface area contributed by atoms with Crippen LogP contribution in [0.15, 0.2) is 11.6 Å². The molecule has 4 heteroatoms. The van der Waals surface area contributed by atoms with E-state index < -0.39 is 5.97 Å². The summed E-state index contributed by atoms with van der Waals surface area (Å²) in [5, 5.41) is 8.54. The van der Waals surface area contributed by atoms with Crippen LogP contribution in [0.4, 0.5) is 0 Å². The monoisotopic (exact) mass is 211 g/mol. The van der Waals surface area contributed by atoms with E-state index in [1.807, 2.05) is 0 Å². The number of likely N-dealkylation sites (tertiary alicyclic amines) is 1. The smallest absolute Gasteiger partial charge is 0.328 e. The van der Waals surface area contributed by atoms with E-state index in [0.29, 0.717) is 24.5 Å². The highest BCUT2D eigenvalue weighted by atomic mass is 16.4. The van der Waals surface area contributed by atoms with E-state index in [9.17, 15) is 9.59 Å². The maximum absolute atomic E-state index is 11.5. The van der Waals surface area contributed by atoms with Crippen molar-refractivity contribution in [3.05, 3.63) is 11.6 Å². The Kier molecular flexibility index (Phi) is 3.88. The lowest BCUT2D eigenvalue weighted by molar-refractivity contribution is -0.131. The molecule has 1 heterocycles. The van der Waals surface area contributed by atoms with E-state index in [1.54, 1.807) is 11.8 Å². The van der Waals surface area contributed by atoms with Gasteiger partial charge in [0.1, 0.15) is 0 Å². The summed E-state index contributed by atoms with van der Waals surface area (Å²) in [6, 6.07) is 0. The van der Waals surface area contributed by atoms with Crippen LogP contribution in [0.1, 0.15) is 26.7 Å². The Labute approximate surface area is 89.6 Å². The summed E-state index contributed by atoms with van der Waals surface area (Å²) >= 11 is 0. The highest BCUT2D eigenvalue weighted by Crippen LogP contribution is 2.21. The molecule has 0 aliphatic carbocycles. The molecule has 1 atom stereocenters. The fourth-order valence-electron chi connectivity index (χ4n) is 1.84. The van der Waals surface area contributed by atoms with Crippen LogP contribution in [0, 0.1) is 5.92 Å². The first-order chi connectivity index (χ1) is 7.02. The van der Waals surface area contributed by atoms with Gasteiger partial charge in [0.15, 0.2) is 0 Å². The van der Waals surface area contributed by atoms with Crippen molar-refractivity contribution >= 4 is 11.9 Å². The topological polar surface area (TPSA) is 57.6 Å². The number of hydrogen-bond acceptors (Lipinski definition) is 2. The zero-order chi connectivity index (χ0) is 11.4. The van der Waals surface area contributed by atoms with Crippen LogP contribution < -0.4 is 0 Å². The van der Waals surface area contributed by atoms with Crippen LogP contribution >= 0.6 is 0 Å². The highest BCUT2D eigenvalue weighted by molar-refractivity contribution is 5.81. The number of carbonyl (C=O) groups is 2. The molecule has 0 radical (unpaired) electrons. The molecule has 84 valence electrons. The average Bonchev–Trinajstić information content (AvgIpc) is 2.46. The Bertz CT molecular complexity index is 296. The zero-order valence-corrected chi connectivity index (χ0v) is 9.19. The Morgan fingerprint density at radius 3 is 2.80 bits per heavy atom. The van der Waals surface area contributed by atoms with Crippen molar-refractivity contribution in [2.75, 3.05) is 13.1 Å². The van der Waals surface area contributed by atoms with Crippen LogP contribution in [-0.2, 0) is 9.59 Å². The third-order valence-electron chi connectivity index (χ3n) is 2.68. The Hall–Kier alpha value is -1.32. The number of nitrogens with zero attached hydrogens (tertiary/aromatic N) is 1. The van der Waals surface area contributed by atoms with Crippen LogP contribution in [0.25, 0.3) is 0 Å². The van der Waals surface area contributed by atoms with Gasteiger partial charge in [-0.25, -0.2) is 4.79 Å². The molecule has 1 rings (SSSR count). The molecule has 1 amide bonds. The number of aliphatic carboxylic acids is 1. The van der Waals surface area contributed by atoms with Crippen molar-refractivity contribution < 1.29 is 14.7 Å². The molecule has 0 aromatic heterocycles. The second-order valence-corrected chi connectivity index (χ2v) is 4.08. The molecule has 1 saturated heterocycles. The Morgan fingerprint density at radius 1 is 1.67 bits per heavy atom. The van der Waals surface area contributed by atoms with Crippen LogP contribution in [0.3, 0.4) is 0 Å². The van der Waals surface area contributed by atoms with E-state index in [1.165, 1.54) is 0 Å². The standard InChI is InChI=1S/C11H17NO3/c1-3-9-5-10(13)12(7-9)6-8(2)4-11(14)15/h4,9H,3,5-7H2,1-2H3,(H,14,15). The third kappa shape index (κ3) is 3.38. The van der Waals surface area contributed by atoms with Crippen molar-refractivity contribution in [3.8, 4) is 0 Å². The number of carboxylic acid groups (broad SMARTS) is 1. The minimum Gasteiger partial charge on any atom is -0.478 e. The van der Waals surface area contributed by atoms with E-state index in [4.69, 9.17) is 5.11 Å². The predicted molar refractivity (Wildman–Crippen MR) is 56.4 cm³/mol. The van der Waals surface area contributed by atoms with E-state index in [-0.39, 0.29) is 5.91 Å². The minimum atomic E-state index is -0.953. The molecule has 1 fully saturated rings. The van der Waals surface area contributed by atoms with Crippen molar-refractivity contribution in [3.63, 3.8) is 0 Å². The molecule has 1 N–H and O–H groups in total. The molecule has 0 saturated carbocycles. The van der Waals surface area contributed by atoms with Crippen LogP contribution in [0.2, 0.25) is 0 Å². The summed E-state index contributed by atoms with van der Waals surface area (Å²) in [4.78, 5) is 23.7. The molecule has 1 unspecified atom stereocenters. The summed E-state index contributed by atoms with van der Waals surface area (Å²) in [5.74, 6) is -0.374. The van der Waals surface area contributed by atoms with Crippen molar-refractivity contribution in [2.24, 2.45) is 5.92 Å². The van der Waals surface area contributed by atoms with Gasteiger partial charge in [0.05, 0.1) is 0 Å². The maximum Gasteiger partial charge on any atom is 0.328 e. The molecule has 1 aliphatic heterocycles. The number of hydrogen-bond donors (Lipinski definition) is 1. The third-order valence-corrected chi connectivity index (χ3v) is 2.68. The molecular weight excluding hydrogens is 194 g/mol. The average molecular weight is 211 g/mol. The van der Waals surface area contributed by atoms with Gasteiger partial charge in [-0.3, -0.25) is 4.79 Å². The summed E-state index contributed by atoms with van der Waals surface area (Å²) in [5.41, 5.74) is 0.715. The normalized spacial score (nSPS) is 22.3. The Morgan fingerprint density at radius 2 is 2.33 bits per heavy atom. The fraction of sp³-hybridized carbons (Fsp3) is 0.636. The fourth-order valence-corrected chi connectivity index (χ4v) is 1.84. The lowest BCUT2D eigenvalue weighted by Gasteiger charge is -2.16. The molecule has 4 nitrogen and oxygen atoms in total. The van der Waals surface area contributed by atoms with E-state index >= 15 is 0 Å². The van der Waals surface area contributed by atoms with E-state index in [2.05, 4.69) is 6.92 Å². The summed E-state index contributed by atoms with van der Waals surface area (Å²) in [6.45, 7) is 5.02. The maximum atomic E-state index is 11.5.